The predicted molar refractivity (Wildman–Crippen MR) is 87.1 cm³/mol. The summed E-state index contributed by atoms with van der Waals surface area (Å²) in [7, 11) is 0. The Labute approximate surface area is 138 Å². The number of carboxylic acid groups (broad SMARTS) is 1. The second kappa shape index (κ2) is 5.41. The van der Waals surface area contributed by atoms with Gasteiger partial charge in [-0.05, 0) is 29.8 Å². The number of carbonyl (C=O) groups is 1. The normalized spacial score (nSPS) is 11.2. The van der Waals surface area contributed by atoms with E-state index in [1.165, 1.54) is 22.8 Å². The molecule has 0 aliphatic rings. The van der Waals surface area contributed by atoms with Crippen LogP contribution in [0, 0.1) is 0 Å². The molecule has 25 heavy (non-hydrogen) atoms. The Morgan fingerprint density at radius 1 is 1.12 bits per heavy atom. The number of nitrogens with one attached hydrogen (secondary N) is 2. The summed E-state index contributed by atoms with van der Waals surface area (Å²) in [5.41, 5.74) is 2.46. The topological polar surface area (TPSA) is 130 Å². The highest BCUT2D eigenvalue weighted by atomic mass is 16.7. The van der Waals surface area contributed by atoms with Crippen molar-refractivity contribution in [1.82, 2.24) is 14.5 Å². The van der Waals surface area contributed by atoms with E-state index in [-0.39, 0.29) is 18.0 Å². The lowest BCUT2D eigenvalue weighted by Gasteiger charge is -2.04. The summed E-state index contributed by atoms with van der Waals surface area (Å²) >= 11 is 0. The van der Waals surface area contributed by atoms with Gasteiger partial charge >= 0.3 is 17.6 Å². The van der Waals surface area contributed by atoms with Crippen LogP contribution in [0.5, 0.6) is 5.75 Å². The zero-order valence-corrected chi connectivity index (χ0v) is 12.6. The lowest BCUT2D eigenvalue weighted by atomic mass is 10.2. The van der Waals surface area contributed by atoms with Crippen LogP contribution in [0.4, 0.5) is 4.79 Å². The standard InChI is InChI=1S/C16H11N3O6/c20-14-17-10-3-1-8(5-11(10)18-14)7-19-12-6-9(24-16(22)23)2-4-13(12)25-15(19)21/h1-6H,7H2,(H,22,23)(H2,17,18,20). The first-order chi connectivity index (χ1) is 12.0. The first kappa shape index (κ1) is 14.8. The van der Waals surface area contributed by atoms with Gasteiger partial charge in [0.05, 0.1) is 23.1 Å². The molecule has 3 N–H and O–H groups in total. The molecule has 4 rings (SSSR count). The van der Waals surface area contributed by atoms with Gasteiger partial charge in [0.2, 0.25) is 0 Å². The van der Waals surface area contributed by atoms with E-state index in [0.29, 0.717) is 22.1 Å². The van der Waals surface area contributed by atoms with Gasteiger partial charge in [-0.3, -0.25) is 4.57 Å². The van der Waals surface area contributed by atoms with Gasteiger partial charge in [-0.2, -0.15) is 0 Å². The van der Waals surface area contributed by atoms with E-state index < -0.39 is 11.9 Å². The number of rotatable bonds is 3. The minimum absolute atomic E-state index is 0.0833. The van der Waals surface area contributed by atoms with Crippen LogP contribution in [0.1, 0.15) is 5.56 Å². The molecule has 4 aromatic rings. The number of aromatic amines is 2. The fraction of sp³-hybridized carbons (Fsp3) is 0.0625. The molecule has 2 heterocycles. The molecular formula is C16H11N3O6. The molecule has 9 nitrogen and oxygen atoms in total. The molecule has 9 heteroatoms. The number of benzene rings is 2. The monoisotopic (exact) mass is 341 g/mol. The van der Waals surface area contributed by atoms with Crippen LogP contribution < -0.4 is 16.2 Å². The van der Waals surface area contributed by atoms with Gasteiger partial charge in [-0.15, -0.1) is 0 Å². The molecule has 0 bridgehead atoms. The zero-order valence-electron chi connectivity index (χ0n) is 12.6. The van der Waals surface area contributed by atoms with Crippen LogP contribution >= 0.6 is 0 Å². The number of hydrogen-bond donors (Lipinski definition) is 3. The van der Waals surface area contributed by atoms with E-state index >= 15 is 0 Å². The van der Waals surface area contributed by atoms with Crippen molar-refractivity contribution in [3.63, 3.8) is 0 Å². The second-order valence-corrected chi connectivity index (χ2v) is 5.41. The van der Waals surface area contributed by atoms with Gasteiger partial charge in [0.25, 0.3) is 0 Å². The highest BCUT2D eigenvalue weighted by molar-refractivity contribution is 5.77. The Balaban J connectivity index is 1.78. The summed E-state index contributed by atoms with van der Waals surface area (Å²) < 4.78 is 11.1. The summed E-state index contributed by atoms with van der Waals surface area (Å²) in [6.45, 7) is 0.186. The molecule has 126 valence electrons. The maximum atomic E-state index is 12.1. The zero-order chi connectivity index (χ0) is 17.6. The summed E-state index contributed by atoms with van der Waals surface area (Å²) in [4.78, 5) is 39.4. The molecule has 2 aromatic heterocycles. The van der Waals surface area contributed by atoms with Crippen molar-refractivity contribution in [2.24, 2.45) is 0 Å². The molecule has 0 fully saturated rings. The summed E-state index contributed by atoms with van der Waals surface area (Å²) in [5, 5.41) is 8.71. The Morgan fingerprint density at radius 3 is 2.72 bits per heavy atom. The maximum Gasteiger partial charge on any atom is 0.511 e. The molecular weight excluding hydrogens is 330 g/mol. The fourth-order valence-corrected chi connectivity index (χ4v) is 2.72. The molecule has 0 atom stereocenters. The van der Waals surface area contributed by atoms with Crippen molar-refractivity contribution < 1.29 is 19.1 Å². The van der Waals surface area contributed by atoms with Gasteiger partial charge in [0.15, 0.2) is 5.58 Å². The lowest BCUT2D eigenvalue weighted by molar-refractivity contribution is 0.144. The van der Waals surface area contributed by atoms with E-state index in [0.717, 1.165) is 5.56 Å². The van der Waals surface area contributed by atoms with E-state index in [1.54, 1.807) is 18.2 Å². The molecule has 0 spiro atoms. The Morgan fingerprint density at radius 2 is 1.92 bits per heavy atom. The quantitative estimate of drug-likeness (QED) is 0.385. The molecule has 2 aromatic carbocycles. The van der Waals surface area contributed by atoms with E-state index in [4.69, 9.17) is 9.52 Å². The summed E-state index contributed by atoms with van der Waals surface area (Å²) in [6.07, 6.45) is -1.45. The summed E-state index contributed by atoms with van der Waals surface area (Å²) in [6, 6.07) is 9.55. The third kappa shape index (κ3) is 2.67. The van der Waals surface area contributed by atoms with Crippen molar-refractivity contribution in [2.45, 2.75) is 6.54 Å². The molecule has 0 aliphatic carbocycles. The third-order valence-electron chi connectivity index (χ3n) is 3.77. The highest BCUT2D eigenvalue weighted by Gasteiger charge is 2.12. The molecule has 0 aliphatic heterocycles. The largest absolute Gasteiger partial charge is 0.511 e. The van der Waals surface area contributed by atoms with Crippen molar-refractivity contribution in [2.75, 3.05) is 0 Å². The van der Waals surface area contributed by atoms with Crippen LogP contribution in [-0.2, 0) is 6.54 Å². The van der Waals surface area contributed by atoms with Gasteiger partial charge in [0.1, 0.15) is 5.75 Å². The van der Waals surface area contributed by atoms with Crippen molar-refractivity contribution in [3.8, 4) is 5.75 Å². The summed E-state index contributed by atoms with van der Waals surface area (Å²) in [5.74, 6) is -0.495. The Hall–Kier alpha value is -3.75. The van der Waals surface area contributed by atoms with Gasteiger partial charge in [0, 0.05) is 6.07 Å². The third-order valence-corrected chi connectivity index (χ3v) is 3.77. The molecule has 0 unspecified atom stereocenters. The van der Waals surface area contributed by atoms with Crippen molar-refractivity contribution in [1.29, 1.82) is 0 Å². The smallest absolute Gasteiger partial charge is 0.449 e. The number of ether oxygens (including phenoxy) is 1. The lowest BCUT2D eigenvalue weighted by Crippen LogP contribution is -2.15. The van der Waals surface area contributed by atoms with Crippen molar-refractivity contribution in [3.05, 3.63) is 63.0 Å². The first-order valence-electron chi connectivity index (χ1n) is 7.25. The number of nitrogens with zero attached hydrogens (tertiary/aromatic N) is 1. The SMILES string of the molecule is O=C(O)Oc1ccc2oc(=O)n(Cc3ccc4[nH]c(=O)[nH]c4c3)c2c1. The Kier molecular flexibility index (Phi) is 3.21. The van der Waals surface area contributed by atoms with Crippen molar-refractivity contribution >= 4 is 28.3 Å². The predicted octanol–water partition coefficient (Wildman–Crippen LogP) is 1.87. The van der Waals surface area contributed by atoms with E-state index in [9.17, 15) is 14.4 Å². The van der Waals surface area contributed by atoms with Crippen LogP contribution in [0.25, 0.3) is 22.1 Å². The minimum Gasteiger partial charge on any atom is -0.449 e. The number of hydrogen-bond acceptors (Lipinski definition) is 5. The number of oxazole rings is 1. The van der Waals surface area contributed by atoms with E-state index in [2.05, 4.69) is 14.7 Å². The fourth-order valence-electron chi connectivity index (χ4n) is 2.72. The molecule has 0 saturated carbocycles. The number of imidazole rings is 1. The number of aromatic nitrogens is 3. The first-order valence-corrected chi connectivity index (χ1v) is 7.25. The molecule has 0 amide bonds. The second-order valence-electron chi connectivity index (χ2n) is 5.41. The van der Waals surface area contributed by atoms with Crippen LogP contribution in [-0.4, -0.2) is 25.8 Å². The van der Waals surface area contributed by atoms with Gasteiger partial charge in [-0.1, -0.05) is 6.07 Å². The van der Waals surface area contributed by atoms with Gasteiger partial charge in [-0.25, -0.2) is 14.4 Å². The molecule has 0 radical (unpaired) electrons. The highest BCUT2D eigenvalue weighted by Crippen LogP contribution is 2.21. The molecule has 0 saturated heterocycles. The average Bonchev–Trinajstić information content (AvgIpc) is 3.06. The van der Waals surface area contributed by atoms with Crippen LogP contribution in [0.3, 0.4) is 0 Å². The minimum atomic E-state index is -1.45. The maximum absolute atomic E-state index is 12.1. The van der Waals surface area contributed by atoms with Crippen LogP contribution in [0.15, 0.2) is 50.4 Å². The van der Waals surface area contributed by atoms with Gasteiger partial charge < -0.3 is 24.2 Å². The number of H-pyrrole nitrogens is 2. The Bertz CT molecular complexity index is 1230. The van der Waals surface area contributed by atoms with Crippen LogP contribution in [0.2, 0.25) is 0 Å². The average molecular weight is 341 g/mol. The number of fused-ring (bicyclic) bond motifs is 2. The van der Waals surface area contributed by atoms with E-state index in [1.807, 2.05) is 0 Å².